The third kappa shape index (κ3) is 3.15. The van der Waals surface area contributed by atoms with Crippen LogP contribution in [0, 0.1) is 0 Å². The number of carbonyl (C=O) groups is 1. The van der Waals surface area contributed by atoms with Crippen molar-refractivity contribution in [1.82, 2.24) is 15.3 Å². The van der Waals surface area contributed by atoms with Crippen LogP contribution in [0.4, 0.5) is 5.82 Å². The summed E-state index contributed by atoms with van der Waals surface area (Å²) in [5.74, 6) is 1.36. The molecule has 1 aliphatic heterocycles. The van der Waals surface area contributed by atoms with E-state index in [2.05, 4.69) is 34.4 Å². The van der Waals surface area contributed by atoms with Crippen molar-refractivity contribution in [2.75, 3.05) is 11.9 Å². The fourth-order valence-electron chi connectivity index (χ4n) is 1.83. The molecule has 92 valence electrons. The normalized spacial score (nSPS) is 20.2. The maximum Gasteiger partial charge on any atom is 0.220 e. The zero-order valence-electron chi connectivity index (χ0n) is 10.2. The first-order valence-electron chi connectivity index (χ1n) is 6.00. The van der Waals surface area contributed by atoms with Crippen molar-refractivity contribution < 1.29 is 4.79 Å². The molecule has 1 saturated heterocycles. The number of aromatic nitrogens is 2. The zero-order valence-corrected chi connectivity index (χ0v) is 10.2. The van der Waals surface area contributed by atoms with E-state index in [1.807, 2.05) is 6.07 Å². The molecule has 1 fully saturated rings. The molecule has 1 aliphatic rings. The highest BCUT2D eigenvalue weighted by Gasteiger charge is 2.18. The molecular weight excluding hydrogens is 216 g/mol. The maximum atomic E-state index is 11.0. The molecule has 2 heterocycles. The fourth-order valence-corrected chi connectivity index (χ4v) is 1.83. The molecule has 1 amide bonds. The number of piperidine rings is 1. The summed E-state index contributed by atoms with van der Waals surface area (Å²) in [6, 6.07) is 2.24. The maximum absolute atomic E-state index is 11.0. The second-order valence-corrected chi connectivity index (χ2v) is 4.67. The van der Waals surface area contributed by atoms with Crippen molar-refractivity contribution in [2.45, 2.75) is 38.6 Å². The topological polar surface area (TPSA) is 66.9 Å². The van der Waals surface area contributed by atoms with Crippen LogP contribution in [-0.4, -0.2) is 28.5 Å². The fraction of sp³-hybridized carbons (Fsp3) is 0.583. The summed E-state index contributed by atoms with van der Waals surface area (Å²) in [6.45, 7) is 4.87. The van der Waals surface area contributed by atoms with E-state index < -0.39 is 0 Å². The van der Waals surface area contributed by atoms with Crippen LogP contribution in [0.25, 0.3) is 0 Å². The third-order valence-corrected chi connectivity index (χ3v) is 2.90. The lowest BCUT2D eigenvalue weighted by Crippen LogP contribution is -2.42. The Morgan fingerprint density at radius 1 is 1.47 bits per heavy atom. The first-order chi connectivity index (χ1) is 8.15. The van der Waals surface area contributed by atoms with Crippen LogP contribution in [-0.2, 0) is 4.79 Å². The lowest BCUT2D eigenvalue weighted by Gasteiger charge is -2.24. The number of hydrogen-bond acceptors (Lipinski definition) is 4. The Labute approximate surface area is 101 Å². The Kier molecular flexibility index (Phi) is 3.56. The van der Waals surface area contributed by atoms with Gasteiger partial charge >= 0.3 is 0 Å². The summed E-state index contributed by atoms with van der Waals surface area (Å²) in [5.41, 5.74) is 1.03. The highest BCUT2D eigenvalue weighted by atomic mass is 16.1. The van der Waals surface area contributed by atoms with Crippen molar-refractivity contribution in [3.05, 3.63) is 18.1 Å². The summed E-state index contributed by atoms with van der Waals surface area (Å²) < 4.78 is 0. The smallest absolute Gasteiger partial charge is 0.220 e. The van der Waals surface area contributed by atoms with E-state index >= 15 is 0 Å². The van der Waals surface area contributed by atoms with Gasteiger partial charge in [-0.1, -0.05) is 13.8 Å². The second kappa shape index (κ2) is 5.12. The van der Waals surface area contributed by atoms with Crippen LogP contribution >= 0.6 is 0 Å². The minimum Gasteiger partial charge on any atom is -0.365 e. The number of anilines is 1. The van der Waals surface area contributed by atoms with Gasteiger partial charge in [-0.15, -0.1) is 0 Å². The molecule has 1 aromatic rings. The molecule has 1 aromatic heterocycles. The Morgan fingerprint density at radius 3 is 2.94 bits per heavy atom. The van der Waals surface area contributed by atoms with Gasteiger partial charge in [0, 0.05) is 30.8 Å². The highest BCUT2D eigenvalue weighted by molar-refractivity contribution is 5.76. The van der Waals surface area contributed by atoms with Crippen molar-refractivity contribution >= 4 is 11.7 Å². The molecule has 0 radical (unpaired) electrons. The van der Waals surface area contributed by atoms with E-state index in [0.717, 1.165) is 17.9 Å². The minimum absolute atomic E-state index is 0.133. The molecule has 0 aromatic carbocycles. The van der Waals surface area contributed by atoms with Crippen molar-refractivity contribution in [3.63, 3.8) is 0 Å². The van der Waals surface area contributed by atoms with Crippen molar-refractivity contribution in [2.24, 2.45) is 0 Å². The van der Waals surface area contributed by atoms with Gasteiger partial charge in [-0.25, -0.2) is 9.97 Å². The Bertz CT molecular complexity index is 395. The molecule has 0 aliphatic carbocycles. The van der Waals surface area contributed by atoms with Gasteiger partial charge in [-0.05, 0) is 12.3 Å². The SMILES string of the molecule is CC(C)c1cc(NC2CCC(=O)NC2)ncn1. The van der Waals surface area contributed by atoms with E-state index in [4.69, 9.17) is 0 Å². The molecule has 17 heavy (non-hydrogen) atoms. The number of nitrogens with one attached hydrogen (secondary N) is 2. The number of hydrogen-bond donors (Lipinski definition) is 2. The lowest BCUT2D eigenvalue weighted by atomic mass is 10.1. The molecule has 0 spiro atoms. The Morgan fingerprint density at radius 2 is 2.29 bits per heavy atom. The van der Waals surface area contributed by atoms with Crippen LogP contribution in [0.2, 0.25) is 0 Å². The van der Waals surface area contributed by atoms with Gasteiger partial charge in [0.1, 0.15) is 12.1 Å². The van der Waals surface area contributed by atoms with Crippen LogP contribution in [0.5, 0.6) is 0 Å². The van der Waals surface area contributed by atoms with E-state index in [1.54, 1.807) is 6.33 Å². The second-order valence-electron chi connectivity index (χ2n) is 4.67. The van der Waals surface area contributed by atoms with Gasteiger partial charge < -0.3 is 10.6 Å². The quantitative estimate of drug-likeness (QED) is 0.827. The standard InChI is InChI=1S/C12H18N4O/c1-8(2)10-5-11(15-7-14-10)16-9-3-4-12(17)13-6-9/h5,7-9H,3-4,6H2,1-2H3,(H,13,17)(H,14,15,16). The summed E-state index contributed by atoms with van der Waals surface area (Å²) in [6.07, 6.45) is 3.02. The summed E-state index contributed by atoms with van der Waals surface area (Å²) in [5, 5.41) is 6.18. The first-order valence-corrected chi connectivity index (χ1v) is 6.00. The highest BCUT2D eigenvalue weighted by Crippen LogP contribution is 2.15. The van der Waals surface area contributed by atoms with Crippen molar-refractivity contribution in [1.29, 1.82) is 0 Å². The predicted molar refractivity (Wildman–Crippen MR) is 65.8 cm³/mol. The zero-order chi connectivity index (χ0) is 12.3. The number of carbonyl (C=O) groups excluding carboxylic acids is 1. The molecule has 5 heteroatoms. The monoisotopic (exact) mass is 234 g/mol. The first kappa shape index (κ1) is 11.8. The Balaban J connectivity index is 1.98. The molecule has 0 saturated carbocycles. The Hall–Kier alpha value is -1.65. The number of rotatable bonds is 3. The average Bonchev–Trinajstić information content (AvgIpc) is 2.32. The molecule has 2 N–H and O–H groups in total. The van der Waals surface area contributed by atoms with Gasteiger partial charge in [0.05, 0.1) is 0 Å². The van der Waals surface area contributed by atoms with E-state index in [1.165, 1.54) is 0 Å². The average molecular weight is 234 g/mol. The molecule has 0 bridgehead atoms. The van der Waals surface area contributed by atoms with Crippen LogP contribution in [0.15, 0.2) is 12.4 Å². The lowest BCUT2D eigenvalue weighted by molar-refractivity contribution is -0.122. The predicted octanol–water partition coefficient (Wildman–Crippen LogP) is 1.29. The van der Waals surface area contributed by atoms with Gasteiger partial charge in [-0.3, -0.25) is 4.79 Å². The van der Waals surface area contributed by atoms with Crippen LogP contribution in [0.1, 0.15) is 38.3 Å². The van der Waals surface area contributed by atoms with Gasteiger partial charge in [0.15, 0.2) is 0 Å². The van der Waals surface area contributed by atoms with Crippen LogP contribution < -0.4 is 10.6 Å². The molecular formula is C12H18N4O. The third-order valence-electron chi connectivity index (χ3n) is 2.90. The summed E-state index contributed by atoms with van der Waals surface area (Å²) in [4.78, 5) is 19.5. The molecule has 5 nitrogen and oxygen atoms in total. The van der Waals surface area contributed by atoms with E-state index in [9.17, 15) is 4.79 Å². The molecule has 1 unspecified atom stereocenters. The van der Waals surface area contributed by atoms with E-state index in [0.29, 0.717) is 18.9 Å². The largest absolute Gasteiger partial charge is 0.365 e. The summed E-state index contributed by atoms with van der Waals surface area (Å²) >= 11 is 0. The molecule has 2 rings (SSSR count). The minimum atomic E-state index is 0.133. The van der Waals surface area contributed by atoms with Crippen molar-refractivity contribution in [3.8, 4) is 0 Å². The summed E-state index contributed by atoms with van der Waals surface area (Å²) in [7, 11) is 0. The van der Waals surface area contributed by atoms with Crippen LogP contribution in [0.3, 0.4) is 0 Å². The molecule has 1 atom stereocenters. The van der Waals surface area contributed by atoms with E-state index in [-0.39, 0.29) is 11.9 Å². The van der Waals surface area contributed by atoms with Gasteiger partial charge in [0.25, 0.3) is 0 Å². The number of nitrogens with zero attached hydrogens (tertiary/aromatic N) is 2. The van der Waals surface area contributed by atoms with Gasteiger partial charge in [0.2, 0.25) is 5.91 Å². The number of amides is 1. The van der Waals surface area contributed by atoms with Gasteiger partial charge in [-0.2, -0.15) is 0 Å².